The average molecular weight is 434 g/mol. The van der Waals surface area contributed by atoms with Crippen molar-refractivity contribution in [1.29, 1.82) is 0 Å². The predicted octanol–water partition coefficient (Wildman–Crippen LogP) is 6.72. The zero-order chi connectivity index (χ0) is 22.3. The van der Waals surface area contributed by atoms with Gasteiger partial charge in [-0.3, -0.25) is 5.43 Å². The van der Waals surface area contributed by atoms with E-state index in [2.05, 4.69) is 20.8 Å². The number of hydrazone groups is 1. The van der Waals surface area contributed by atoms with Crippen LogP contribution < -0.4 is 14.9 Å². The summed E-state index contributed by atoms with van der Waals surface area (Å²) in [6.45, 7) is 0.801. The number of azo groups is 1. The summed E-state index contributed by atoms with van der Waals surface area (Å²) in [7, 11) is 0. The second-order valence-corrected chi connectivity index (χ2v) is 7.42. The van der Waals surface area contributed by atoms with Gasteiger partial charge < -0.3 is 9.47 Å². The van der Waals surface area contributed by atoms with E-state index in [1.54, 1.807) is 0 Å². The molecule has 1 aliphatic rings. The second-order valence-electron chi connectivity index (χ2n) is 7.42. The number of fused-ring (bicyclic) bond motifs is 3. The lowest BCUT2D eigenvalue weighted by molar-refractivity contribution is 0.286. The maximum atomic E-state index is 6.16. The van der Waals surface area contributed by atoms with Crippen molar-refractivity contribution in [2.24, 2.45) is 15.3 Å². The number of hydrogen-bond acceptors (Lipinski definition) is 6. The number of nitrogens with one attached hydrogen (secondary N) is 1. The van der Waals surface area contributed by atoms with Crippen molar-refractivity contribution in [2.75, 3.05) is 5.43 Å². The molecule has 1 aliphatic heterocycles. The first-order valence-electron chi connectivity index (χ1n) is 10.7. The molecule has 1 N–H and O–H groups in total. The Morgan fingerprint density at radius 2 is 1.18 bits per heavy atom. The Morgan fingerprint density at radius 1 is 0.576 bits per heavy atom. The molecule has 162 valence electrons. The van der Waals surface area contributed by atoms with Gasteiger partial charge in [-0.1, -0.05) is 78.9 Å². The summed E-state index contributed by atoms with van der Waals surface area (Å²) in [6.07, 6.45) is 0. The van der Waals surface area contributed by atoms with Gasteiger partial charge in [-0.25, -0.2) is 0 Å². The summed E-state index contributed by atoms with van der Waals surface area (Å²) in [5, 5.41) is 13.5. The Labute approximate surface area is 192 Å². The van der Waals surface area contributed by atoms with Crippen molar-refractivity contribution in [3.8, 4) is 11.5 Å². The number of para-hydroxylation sites is 3. The summed E-state index contributed by atoms with van der Waals surface area (Å²) in [5.41, 5.74) is 7.41. The summed E-state index contributed by atoms with van der Waals surface area (Å²) in [6, 6.07) is 33.1. The Balaban J connectivity index is 1.59. The van der Waals surface area contributed by atoms with E-state index >= 15 is 0 Å². The first-order valence-corrected chi connectivity index (χ1v) is 10.7. The van der Waals surface area contributed by atoms with Gasteiger partial charge in [0, 0.05) is 5.56 Å². The molecule has 0 bridgehead atoms. The van der Waals surface area contributed by atoms with E-state index < -0.39 is 0 Å². The number of benzene rings is 4. The van der Waals surface area contributed by atoms with E-state index in [1.165, 1.54) is 0 Å². The Morgan fingerprint density at radius 3 is 1.97 bits per heavy atom. The summed E-state index contributed by atoms with van der Waals surface area (Å²) in [4.78, 5) is 0. The fourth-order valence-corrected chi connectivity index (χ4v) is 3.44. The smallest absolute Gasteiger partial charge is 0.201 e. The highest BCUT2D eigenvalue weighted by atomic mass is 16.5. The molecule has 0 radical (unpaired) electrons. The molecule has 1 heterocycles. The lowest BCUT2D eigenvalue weighted by Gasteiger charge is -2.14. The highest BCUT2D eigenvalue weighted by Gasteiger charge is 2.11. The number of ether oxygens (including phenoxy) is 2. The van der Waals surface area contributed by atoms with Crippen LogP contribution in [-0.2, 0) is 13.2 Å². The highest BCUT2D eigenvalue weighted by Crippen LogP contribution is 2.30. The first-order chi connectivity index (χ1) is 16.4. The van der Waals surface area contributed by atoms with Crippen molar-refractivity contribution in [3.05, 3.63) is 120 Å². The van der Waals surface area contributed by atoms with Crippen LogP contribution in [0.25, 0.3) is 0 Å². The molecule has 0 saturated carbocycles. The monoisotopic (exact) mass is 434 g/mol. The molecule has 6 nitrogen and oxygen atoms in total. The van der Waals surface area contributed by atoms with E-state index in [0.29, 0.717) is 36.2 Å². The molecule has 4 aromatic carbocycles. The third kappa shape index (κ3) is 4.91. The molecule has 0 spiro atoms. The lowest BCUT2D eigenvalue weighted by Crippen LogP contribution is -2.05. The predicted molar refractivity (Wildman–Crippen MR) is 129 cm³/mol. The fourth-order valence-electron chi connectivity index (χ4n) is 3.44. The van der Waals surface area contributed by atoms with Gasteiger partial charge in [0.25, 0.3) is 0 Å². The van der Waals surface area contributed by atoms with Crippen molar-refractivity contribution in [2.45, 2.75) is 13.2 Å². The normalized spacial score (nSPS) is 15.0. The standard InChI is InChI=1S/C27H22N4O2/c1-2-10-20(11-3-1)27-30-28-23-14-6-8-16-25(23)32-18-21-12-4-5-13-22(21)19-33-26-17-9-7-15-24(26)29-31-27/h1-17,28H,18-19H2/b30-27-,31-29?. The minimum atomic E-state index is 0.394. The van der Waals surface area contributed by atoms with Crippen LogP contribution in [0.5, 0.6) is 11.5 Å². The van der Waals surface area contributed by atoms with E-state index in [-0.39, 0.29) is 0 Å². The molecule has 6 heteroatoms. The van der Waals surface area contributed by atoms with E-state index in [4.69, 9.17) is 9.47 Å². The lowest BCUT2D eigenvalue weighted by atomic mass is 10.1. The van der Waals surface area contributed by atoms with Crippen LogP contribution in [0.15, 0.2) is 118 Å². The van der Waals surface area contributed by atoms with Crippen LogP contribution in [-0.4, -0.2) is 5.84 Å². The Hall–Kier alpha value is -4.45. The van der Waals surface area contributed by atoms with Crippen LogP contribution in [0, 0.1) is 0 Å². The SMILES string of the molecule is c1ccc(/C2=N/Nc3ccccc3OCc3ccccc3COc3ccccc3N=N2)cc1. The van der Waals surface area contributed by atoms with Gasteiger partial charge in [0.2, 0.25) is 5.84 Å². The van der Waals surface area contributed by atoms with Gasteiger partial charge >= 0.3 is 0 Å². The topological polar surface area (TPSA) is 67.6 Å². The number of hydrogen-bond donors (Lipinski definition) is 1. The minimum Gasteiger partial charge on any atom is -0.487 e. The van der Waals surface area contributed by atoms with Gasteiger partial charge in [0.1, 0.15) is 30.4 Å². The number of anilines is 1. The van der Waals surface area contributed by atoms with E-state index in [1.807, 2.05) is 103 Å². The second kappa shape index (κ2) is 9.78. The number of amidine groups is 1. The fraction of sp³-hybridized carbons (Fsp3) is 0.0741. The largest absolute Gasteiger partial charge is 0.487 e. The molecular formula is C27H22N4O2. The van der Waals surface area contributed by atoms with Gasteiger partial charge in [-0.2, -0.15) is 5.10 Å². The van der Waals surface area contributed by atoms with E-state index in [0.717, 1.165) is 22.4 Å². The molecular weight excluding hydrogens is 412 g/mol. The molecule has 4 aromatic rings. The Kier molecular flexibility index (Phi) is 6.06. The first kappa shape index (κ1) is 20.5. The van der Waals surface area contributed by atoms with Crippen LogP contribution in [0.4, 0.5) is 11.4 Å². The third-order valence-corrected chi connectivity index (χ3v) is 5.20. The molecule has 0 atom stereocenters. The minimum absolute atomic E-state index is 0.394. The maximum Gasteiger partial charge on any atom is 0.201 e. The quantitative estimate of drug-likeness (QED) is 0.362. The average Bonchev–Trinajstić information content (AvgIpc) is 2.88. The molecule has 0 aromatic heterocycles. The maximum absolute atomic E-state index is 6.16. The third-order valence-electron chi connectivity index (χ3n) is 5.20. The Bertz CT molecular complexity index is 1300. The van der Waals surface area contributed by atoms with Crippen molar-refractivity contribution in [1.82, 2.24) is 0 Å². The van der Waals surface area contributed by atoms with Crippen LogP contribution in [0.1, 0.15) is 16.7 Å². The zero-order valence-electron chi connectivity index (χ0n) is 17.9. The number of rotatable bonds is 1. The molecule has 0 fully saturated rings. The van der Waals surface area contributed by atoms with Gasteiger partial charge in [-0.05, 0) is 35.4 Å². The van der Waals surface area contributed by atoms with Crippen molar-refractivity contribution in [3.63, 3.8) is 0 Å². The number of nitrogens with zero attached hydrogens (tertiary/aromatic N) is 3. The van der Waals surface area contributed by atoms with Gasteiger partial charge in [-0.15, -0.1) is 10.2 Å². The van der Waals surface area contributed by atoms with Crippen LogP contribution in [0.3, 0.4) is 0 Å². The molecule has 5 rings (SSSR count). The van der Waals surface area contributed by atoms with Crippen LogP contribution >= 0.6 is 0 Å². The van der Waals surface area contributed by atoms with Crippen LogP contribution in [0.2, 0.25) is 0 Å². The highest BCUT2D eigenvalue weighted by molar-refractivity contribution is 5.99. The van der Waals surface area contributed by atoms with Gasteiger partial charge in [0.15, 0.2) is 0 Å². The van der Waals surface area contributed by atoms with Crippen molar-refractivity contribution < 1.29 is 9.47 Å². The zero-order valence-corrected chi connectivity index (χ0v) is 17.9. The van der Waals surface area contributed by atoms with Crippen molar-refractivity contribution >= 4 is 17.2 Å². The van der Waals surface area contributed by atoms with Gasteiger partial charge in [0.05, 0.1) is 5.69 Å². The summed E-state index contributed by atoms with van der Waals surface area (Å²) < 4.78 is 12.3. The molecule has 0 aliphatic carbocycles. The molecule has 33 heavy (non-hydrogen) atoms. The summed E-state index contributed by atoms with van der Waals surface area (Å²) >= 11 is 0. The summed E-state index contributed by atoms with van der Waals surface area (Å²) in [5.74, 6) is 1.79. The van der Waals surface area contributed by atoms with E-state index in [9.17, 15) is 0 Å². The molecule has 0 unspecified atom stereocenters. The molecule has 0 saturated heterocycles. The molecule has 0 amide bonds.